The Balaban J connectivity index is 2.07. The summed E-state index contributed by atoms with van der Waals surface area (Å²) in [6, 6.07) is 10.8. The lowest BCUT2D eigenvalue weighted by Crippen LogP contribution is -2.14. The van der Waals surface area contributed by atoms with E-state index < -0.39 is 10.0 Å². The van der Waals surface area contributed by atoms with Gasteiger partial charge in [-0.15, -0.1) is 0 Å². The molecule has 128 valence electrons. The molecule has 25 heavy (non-hydrogen) atoms. The van der Waals surface area contributed by atoms with Gasteiger partial charge >= 0.3 is 0 Å². The molecule has 3 aromatic rings. The normalized spacial score (nSPS) is 11.4. The molecule has 2 aromatic carbocycles. The van der Waals surface area contributed by atoms with Gasteiger partial charge in [0.15, 0.2) is 11.5 Å². The summed E-state index contributed by atoms with van der Waals surface area (Å²) >= 11 is 1.86. The van der Waals surface area contributed by atoms with E-state index in [4.69, 9.17) is 0 Å². The first-order chi connectivity index (χ1) is 11.8. The predicted octanol–water partition coefficient (Wildman–Crippen LogP) is 3.55. The van der Waals surface area contributed by atoms with Crippen LogP contribution in [0.1, 0.15) is 17.3 Å². The zero-order valence-corrected chi connectivity index (χ0v) is 16.0. The number of pyridine rings is 1. The minimum absolute atomic E-state index is 0.0217. The number of phenols is 1. The summed E-state index contributed by atoms with van der Waals surface area (Å²) in [5, 5.41) is 10.4. The molecule has 0 radical (unpaired) electrons. The van der Waals surface area contributed by atoms with Gasteiger partial charge in [-0.3, -0.25) is 14.5 Å². The Morgan fingerprint density at radius 2 is 1.88 bits per heavy atom. The SMILES string of the molecule is CC(=O)c1ccc(NS(=O)(=O)c2cc(I)c(O)c3ncccc23)cc1. The molecule has 0 fully saturated rings. The van der Waals surface area contributed by atoms with Crippen LogP contribution in [0.5, 0.6) is 5.75 Å². The quantitative estimate of drug-likeness (QED) is 0.451. The molecule has 8 heteroatoms. The summed E-state index contributed by atoms with van der Waals surface area (Å²) in [6.45, 7) is 1.44. The van der Waals surface area contributed by atoms with E-state index in [1.54, 1.807) is 24.3 Å². The second-order valence-corrected chi connectivity index (χ2v) is 8.16. The Bertz CT molecular complexity index is 1080. The van der Waals surface area contributed by atoms with Crippen molar-refractivity contribution in [3.8, 4) is 5.75 Å². The highest BCUT2D eigenvalue weighted by atomic mass is 127. The number of benzene rings is 2. The van der Waals surface area contributed by atoms with Gasteiger partial charge in [0.25, 0.3) is 10.0 Å². The highest BCUT2D eigenvalue weighted by Crippen LogP contribution is 2.34. The second kappa shape index (κ2) is 6.60. The van der Waals surface area contributed by atoms with Crippen molar-refractivity contribution >= 4 is 55.0 Å². The number of Topliss-reactive ketones (excluding diaryl/α,β-unsaturated/α-hetero) is 1. The van der Waals surface area contributed by atoms with E-state index in [1.807, 2.05) is 22.6 Å². The molecule has 0 saturated heterocycles. The molecule has 0 unspecified atom stereocenters. The Morgan fingerprint density at radius 1 is 1.20 bits per heavy atom. The number of nitrogens with one attached hydrogen (secondary N) is 1. The fourth-order valence-corrected chi connectivity index (χ4v) is 4.43. The molecule has 6 nitrogen and oxygen atoms in total. The van der Waals surface area contributed by atoms with Crippen LogP contribution in [0.4, 0.5) is 5.69 Å². The third-order valence-corrected chi connectivity index (χ3v) is 5.86. The second-order valence-electron chi connectivity index (χ2n) is 5.34. The van der Waals surface area contributed by atoms with Crippen LogP contribution in [0.2, 0.25) is 0 Å². The minimum Gasteiger partial charge on any atom is -0.505 e. The van der Waals surface area contributed by atoms with Crippen LogP contribution in [-0.2, 0) is 10.0 Å². The minimum atomic E-state index is -3.90. The number of ketones is 1. The number of sulfonamides is 1. The zero-order valence-electron chi connectivity index (χ0n) is 13.0. The summed E-state index contributed by atoms with van der Waals surface area (Å²) in [7, 11) is -3.90. The maximum absolute atomic E-state index is 12.8. The highest BCUT2D eigenvalue weighted by Gasteiger charge is 2.21. The number of nitrogens with zero attached hydrogens (tertiary/aromatic N) is 1. The number of aromatic hydroxyl groups is 1. The average Bonchev–Trinajstić information content (AvgIpc) is 2.58. The number of anilines is 1. The van der Waals surface area contributed by atoms with Crippen molar-refractivity contribution in [1.29, 1.82) is 0 Å². The van der Waals surface area contributed by atoms with Crippen molar-refractivity contribution in [2.45, 2.75) is 11.8 Å². The number of hydrogen-bond acceptors (Lipinski definition) is 5. The third kappa shape index (κ3) is 3.45. The van der Waals surface area contributed by atoms with E-state index in [1.165, 1.54) is 31.3 Å². The molecule has 2 N–H and O–H groups in total. The van der Waals surface area contributed by atoms with Gasteiger partial charge in [0.2, 0.25) is 0 Å². The molecule has 0 aliphatic carbocycles. The van der Waals surface area contributed by atoms with E-state index >= 15 is 0 Å². The van der Waals surface area contributed by atoms with Crippen molar-refractivity contribution < 1.29 is 18.3 Å². The average molecular weight is 468 g/mol. The molecule has 0 aliphatic rings. The molecular weight excluding hydrogens is 455 g/mol. The molecule has 1 heterocycles. The number of carbonyl (C=O) groups is 1. The van der Waals surface area contributed by atoms with Gasteiger partial charge in [0.05, 0.1) is 8.47 Å². The lowest BCUT2D eigenvalue weighted by Gasteiger charge is -2.12. The lowest BCUT2D eigenvalue weighted by molar-refractivity contribution is 0.101. The number of hydrogen-bond donors (Lipinski definition) is 2. The van der Waals surface area contributed by atoms with Gasteiger partial charge in [-0.2, -0.15) is 0 Å². The van der Waals surface area contributed by atoms with Gasteiger partial charge < -0.3 is 5.11 Å². The van der Waals surface area contributed by atoms with Crippen LogP contribution in [0.3, 0.4) is 0 Å². The molecule has 3 rings (SSSR count). The van der Waals surface area contributed by atoms with Gasteiger partial charge in [-0.05, 0) is 72.0 Å². The summed E-state index contributed by atoms with van der Waals surface area (Å²) in [4.78, 5) is 15.4. The standard InChI is InChI=1S/C17H13IN2O4S/c1-10(21)11-4-6-12(7-5-11)20-25(23,24)15-9-14(18)17(22)16-13(15)3-2-8-19-16/h2-9,20,22H,1H3. The van der Waals surface area contributed by atoms with E-state index in [-0.39, 0.29) is 21.9 Å². The molecule has 0 bridgehead atoms. The number of aromatic nitrogens is 1. The van der Waals surface area contributed by atoms with Gasteiger partial charge in [-0.1, -0.05) is 0 Å². The van der Waals surface area contributed by atoms with Crippen LogP contribution in [0.25, 0.3) is 10.9 Å². The first-order valence-electron chi connectivity index (χ1n) is 7.19. The Kier molecular flexibility index (Phi) is 4.65. The molecule has 0 amide bonds. The first kappa shape index (κ1) is 17.6. The third-order valence-electron chi connectivity index (χ3n) is 3.61. The number of carbonyl (C=O) groups excluding carboxylic acids is 1. The van der Waals surface area contributed by atoms with Crippen LogP contribution in [0.15, 0.2) is 53.6 Å². The summed E-state index contributed by atoms with van der Waals surface area (Å²) < 4.78 is 28.5. The maximum Gasteiger partial charge on any atom is 0.262 e. The zero-order chi connectivity index (χ0) is 18.2. The van der Waals surface area contributed by atoms with Crippen LogP contribution in [-0.4, -0.2) is 24.3 Å². The van der Waals surface area contributed by atoms with Crippen molar-refractivity contribution in [2.24, 2.45) is 0 Å². The van der Waals surface area contributed by atoms with E-state index in [2.05, 4.69) is 9.71 Å². The monoisotopic (exact) mass is 468 g/mol. The lowest BCUT2D eigenvalue weighted by atomic mass is 10.1. The largest absolute Gasteiger partial charge is 0.505 e. The van der Waals surface area contributed by atoms with Crippen molar-refractivity contribution in [3.05, 3.63) is 57.8 Å². The first-order valence-corrected chi connectivity index (χ1v) is 9.76. The fourth-order valence-electron chi connectivity index (χ4n) is 2.37. The number of fused-ring (bicyclic) bond motifs is 1. The molecule has 0 spiro atoms. The van der Waals surface area contributed by atoms with Crippen molar-refractivity contribution in [1.82, 2.24) is 4.98 Å². The van der Waals surface area contributed by atoms with Crippen molar-refractivity contribution in [3.63, 3.8) is 0 Å². The topological polar surface area (TPSA) is 96.4 Å². The van der Waals surface area contributed by atoms with E-state index in [0.717, 1.165) is 0 Å². The molecule has 0 aliphatic heterocycles. The fraction of sp³-hybridized carbons (Fsp3) is 0.0588. The van der Waals surface area contributed by atoms with E-state index in [0.29, 0.717) is 20.2 Å². The van der Waals surface area contributed by atoms with Gasteiger partial charge in [-0.25, -0.2) is 8.42 Å². The van der Waals surface area contributed by atoms with Crippen LogP contribution < -0.4 is 4.72 Å². The Labute approximate surface area is 158 Å². The summed E-state index contributed by atoms with van der Waals surface area (Å²) in [5.41, 5.74) is 1.06. The van der Waals surface area contributed by atoms with Crippen LogP contribution >= 0.6 is 22.6 Å². The smallest absolute Gasteiger partial charge is 0.262 e. The highest BCUT2D eigenvalue weighted by molar-refractivity contribution is 14.1. The molecule has 0 atom stereocenters. The molecule has 0 saturated carbocycles. The van der Waals surface area contributed by atoms with Crippen molar-refractivity contribution in [2.75, 3.05) is 4.72 Å². The molecule has 1 aromatic heterocycles. The number of phenolic OH excluding ortho intramolecular Hbond substituents is 1. The maximum atomic E-state index is 12.8. The predicted molar refractivity (Wildman–Crippen MR) is 103 cm³/mol. The van der Waals surface area contributed by atoms with Gasteiger partial charge in [0, 0.05) is 22.8 Å². The van der Waals surface area contributed by atoms with Crippen LogP contribution in [0, 0.1) is 3.57 Å². The Morgan fingerprint density at radius 3 is 2.52 bits per heavy atom. The number of rotatable bonds is 4. The number of halogens is 1. The summed E-state index contributed by atoms with van der Waals surface area (Å²) in [6.07, 6.45) is 1.49. The molecular formula is C17H13IN2O4S. The Hall–Kier alpha value is -2.20. The van der Waals surface area contributed by atoms with E-state index in [9.17, 15) is 18.3 Å². The van der Waals surface area contributed by atoms with Gasteiger partial charge in [0.1, 0.15) is 5.52 Å². The summed E-state index contributed by atoms with van der Waals surface area (Å²) in [5.74, 6) is -0.152.